The Bertz CT molecular complexity index is 984. The summed E-state index contributed by atoms with van der Waals surface area (Å²) >= 11 is 0. The molecule has 0 saturated heterocycles. The first-order chi connectivity index (χ1) is 10.8. The number of hydrogen-bond donors (Lipinski definition) is 0. The fourth-order valence-corrected chi connectivity index (χ4v) is 2.90. The number of benzene rings is 4. The lowest BCUT2D eigenvalue weighted by molar-refractivity contribution is 0.103. The molecule has 0 aromatic heterocycles. The van der Waals surface area contributed by atoms with Crippen molar-refractivity contribution in [3.63, 3.8) is 0 Å². The van der Waals surface area contributed by atoms with Gasteiger partial charge in [-0.2, -0.15) is 0 Å². The van der Waals surface area contributed by atoms with E-state index in [0.29, 0.717) is 0 Å². The lowest BCUT2D eigenvalue weighted by Gasteiger charge is -2.07. The van der Waals surface area contributed by atoms with Crippen LogP contribution in [0, 0.1) is 0 Å². The second-order valence-corrected chi connectivity index (χ2v) is 5.42. The molecule has 0 unspecified atom stereocenters. The van der Waals surface area contributed by atoms with E-state index in [4.69, 9.17) is 0 Å². The van der Waals surface area contributed by atoms with E-state index < -0.39 is 0 Å². The van der Waals surface area contributed by atoms with Crippen molar-refractivity contribution in [2.45, 2.75) is 0 Å². The average Bonchev–Trinajstić information content (AvgIpc) is 2.61. The van der Waals surface area contributed by atoms with Crippen LogP contribution in [0.1, 0.15) is 15.9 Å². The highest BCUT2D eigenvalue weighted by molar-refractivity contribution is 6.14. The maximum atomic E-state index is 12.6. The van der Waals surface area contributed by atoms with Crippen LogP contribution in [0.4, 0.5) is 0 Å². The molecule has 0 heterocycles. The highest BCUT2D eigenvalue weighted by atomic mass is 16.1. The molecular formula is C21H14O. The van der Waals surface area contributed by atoms with Crippen molar-refractivity contribution in [2.75, 3.05) is 0 Å². The molecule has 4 aromatic rings. The monoisotopic (exact) mass is 282 g/mol. The first-order valence-corrected chi connectivity index (χ1v) is 7.34. The molecule has 0 fully saturated rings. The van der Waals surface area contributed by atoms with E-state index in [1.807, 2.05) is 60.7 Å². The topological polar surface area (TPSA) is 17.1 Å². The van der Waals surface area contributed by atoms with Gasteiger partial charge in [-0.05, 0) is 27.6 Å². The van der Waals surface area contributed by atoms with E-state index in [-0.39, 0.29) is 5.78 Å². The molecular weight excluding hydrogens is 268 g/mol. The van der Waals surface area contributed by atoms with Crippen molar-refractivity contribution in [1.82, 2.24) is 0 Å². The Hall–Kier alpha value is -2.93. The molecule has 0 atom stereocenters. The van der Waals surface area contributed by atoms with Gasteiger partial charge in [0.2, 0.25) is 0 Å². The highest BCUT2D eigenvalue weighted by Gasteiger charge is 2.10. The van der Waals surface area contributed by atoms with Gasteiger partial charge >= 0.3 is 0 Å². The summed E-state index contributed by atoms with van der Waals surface area (Å²) < 4.78 is 0. The molecule has 0 spiro atoms. The second-order valence-electron chi connectivity index (χ2n) is 5.42. The van der Waals surface area contributed by atoms with Crippen molar-refractivity contribution in [3.8, 4) is 0 Å². The van der Waals surface area contributed by atoms with Gasteiger partial charge in [0, 0.05) is 11.1 Å². The van der Waals surface area contributed by atoms with Gasteiger partial charge in [-0.25, -0.2) is 0 Å². The summed E-state index contributed by atoms with van der Waals surface area (Å²) in [5.74, 6) is 0.0652. The molecule has 0 radical (unpaired) electrons. The predicted octanol–water partition coefficient (Wildman–Crippen LogP) is 5.22. The normalized spacial score (nSPS) is 10.9. The first-order valence-electron chi connectivity index (χ1n) is 7.34. The van der Waals surface area contributed by atoms with Crippen molar-refractivity contribution in [3.05, 3.63) is 96.1 Å². The Morgan fingerprint density at radius 3 is 2.00 bits per heavy atom. The Kier molecular flexibility index (Phi) is 2.97. The molecule has 4 aromatic carbocycles. The van der Waals surface area contributed by atoms with E-state index in [1.165, 1.54) is 10.8 Å². The summed E-state index contributed by atoms with van der Waals surface area (Å²) in [7, 11) is 0. The SMILES string of the molecule is O=C(c1ccccc1)c1ccc2ccc3ccccc3c2c1. The van der Waals surface area contributed by atoms with Gasteiger partial charge < -0.3 is 0 Å². The Labute approximate surface area is 128 Å². The molecule has 4 rings (SSSR count). The zero-order chi connectivity index (χ0) is 14.9. The predicted molar refractivity (Wildman–Crippen MR) is 91.3 cm³/mol. The Morgan fingerprint density at radius 2 is 1.18 bits per heavy atom. The van der Waals surface area contributed by atoms with E-state index in [9.17, 15) is 4.79 Å². The van der Waals surface area contributed by atoms with Gasteiger partial charge in [0.1, 0.15) is 0 Å². The quantitative estimate of drug-likeness (QED) is 0.364. The van der Waals surface area contributed by atoms with Crippen LogP contribution in [0.5, 0.6) is 0 Å². The number of carbonyl (C=O) groups excluding carboxylic acids is 1. The minimum absolute atomic E-state index is 0.0652. The third-order valence-corrected chi connectivity index (χ3v) is 4.04. The van der Waals surface area contributed by atoms with Gasteiger partial charge in [0.15, 0.2) is 5.78 Å². The number of fused-ring (bicyclic) bond motifs is 3. The smallest absolute Gasteiger partial charge is 0.193 e. The highest BCUT2D eigenvalue weighted by Crippen LogP contribution is 2.26. The van der Waals surface area contributed by atoms with Gasteiger partial charge in [0.25, 0.3) is 0 Å². The maximum Gasteiger partial charge on any atom is 0.193 e. The van der Waals surface area contributed by atoms with E-state index in [1.54, 1.807) is 0 Å². The van der Waals surface area contributed by atoms with Crippen LogP contribution in [-0.2, 0) is 0 Å². The van der Waals surface area contributed by atoms with Crippen molar-refractivity contribution in [1.29, 1.82) is 0 Å². The lowest BCUT2D eigenvalue weighted by Crippen LogP contribution is -2.00. The molecule has 0 aliphatic heterocycles. The Balaban J connectivity index is 1.93. The molecule has 1 nitrogen and oxygen atoms in total. The third-order valence-electron chi connectivity index (χ3n) is 4.04. The molecule has 22 heavy (non-hydrogen) atoms. The molecule has 104 valence electrons. The minimum Gasteiger partial charge on any atom is -0.289 e. The number of ketones is 1. The average molecular weight is 282 g/mol. The summed E-state index contributed by atoms with van der Waals surface area (Å²) in [4.78, 5) is 12.6. The van der Waals surface area contributed by atoms with Crippen LogP contribution in [0.25, 0.3) is 21.5 Å². The summed E-state index contributed by atoms with van der Waals surface area (Å²) in [5, 5.41) is 4.66. The third kappa shape index (κ3) is 2.08. The fraction of sp³-hybridized carbons (Fsp3) is 0. The zero-order valence-electron chi connectivity index (χ0n) is 12.0. The van der Waals surface area contributed by atoms with Crippen LogP contribution in [0.15, 0.2) is 84.9 Å². The Morgan fingerprint density at radius 1 is 0.545 bits per heavy atom. The van der Waals surface area contributed by atoms with Crippen LogP contribution >= 0.6 is 0 Å². The van der Waals surface area contributed by atoms with Gasteiger partial charge in [-0.3, -0.25) is 4.79 Å². The molecule has 0 saturated carbocycles. The second kappa shape index (κ2) is 5.12. The molecule has 0 bridgehead atoms. The van der Waals surface area contributed by atoms with Gasteiger partial charge in [0.05, 0.1) is 0 Å². The van der Waals surface area contributed by atoms with Crippen molar-refractivity contribution >= 4 is 27.3 Å². The summed E-state index contributed by atoms with van der Waals surface area (Å²) in [6.07, 6.45) is 0. The standard InChI is InChI=1S/C21H14O/c22-21(17-7-2-1-3-8-17)18-13-12-16-11-10-15-6-4-5-9-19(15)20(16)14-18/h1-14H. The van der Waals surface area contributed by atoms with Crippen LogP contribution < -0.4 is 0 Å². The first kappa shape index (κ1) is 12.8. The fourth-order valence-electron chi connectivity index (χ4n) is 2.90. The largest absolute Gasteiger partial charge is 0.289 e. The summed E-state index contributed by atoms with van der Waals surface area (Å²) in [5.41, 5.74) is 1.46. The number of hydrogen-bond acceptors (Lipinski definition) is 1. The lowest BCUT2D eigenvalue weighted by atomic mass is 9.97. The van der Waals surface area contributed by atoms with Gasteiger partial charge in [-0.15, -0.1) is 0 Å². The number of carbonyl (C=O) groups is 1. The zero-order valence-corrected chi connectivity index (χ0v) is 12.0. The van der Waals surface area contributed by atoms with Crippen molar-refractivity contribution < 1.29 is 4.79 Å². The van der Waals surface area contributed by atoms with Crippen LogP contribution in [0.2, 0.25) is 0 Å². The van der Waals surface area contributed by atoms with E-state index >= 15 is 0 Å². The molecule has 0 amide bonds. The van der Waals surface area contributed by atoms with E-state index in [2.05, 4.69) is 24.3 Å². The number of rotatable bonds is 2. The van der Waals surface area contributed by atoms with Gasteiger partial charge in [-0.1, -0.05) is 78.9 Å². The molecule has 0 aliphatic rings. The van der Waals surface area contributed by atoms with E-state index in [0.717, 1.165) is 21.9 Å². The van der Waals surface area contributed by atoms with Crippen LogP contribution in [0.3, 0.4) is 0 Å². The summed E-state index contributed by atoms with van der Waals surface area (Å²) in [6.45, 7) is 0. The summed E-state index contributed by atoms with van der Waals surface area (Å²) in [6, 6.07) is 27.9. The maximum absolute atomic E-state index is 12.6. The van der Waals surface area contributed by atoms with Crippen LogP contribution in [-0.4, -0.2) is 5.78 Å². The molecule has 1 heteroatoms. The minimum atomic E-state index is 0.0652. The molecule has 0 N–H and O–H groups in total. The van der Waals surface area contributed by atoms with Crippen molar-refractivity contribution in [2.24, 2.45) is 0 Å². The molecule has 0 aliphatic carbocycles.